The highest BCUT2D eigenvalue weighted by atomic mass is 19.1. The third kappa shape index (κ3) is 17.7. The lowest BCUT2D eigenvalue weighted by atomic mass is 9.96. The van der Waals surface area contributed by atoms with Crippen molar-refractivity contribution in [2.75, 3.05) is 69.4 Å². The fourth-order valence-electron chi connectivity index (χ4n) is 10.4. The second-order valence-electron chi connectivity index (χ2n) is 27.8. The Kier molecular flexibility index (Phi) is 22.7. The van der Waals surface area contributed by atoms with E-state index in [9.17, 15) is 33.6 Å². The van der Waals surface area contributed by atoms with Crippen molar-refractivity contribution < 1.29 is 70.1 Å². The first-order valence-corrected chi connectivity index (χ1v) is 34.3. The smallest absolute Gasteiger partial charge is 0.275 e. The van der Waals surface area contributed by atoms with Gasteiger partial charge in [0.15, 0.2) is 23.3 Å². The quantitative estimate of drug-likeness (QED) is 0.0195. The van der Waals surface area contributed by atoms with Crippen molar-refractivity contribution in [3.05, 3.63) is 185 Å². The molecule has 11 aromatic rings. The fourth-order valence-corrected chi connectivity index (χ4v) is 10.4. The number of carbonyl (C=O) groups is 7. The Bertz CT molecular complexity index is 5430. The first-order valence-electron chi connectivity index (χ1n) is 34.3. The van der Waals surface area contributed by atoms with E-state index in [1.165, 1.54) is 115 Å². The molecule has 0 atom stereocenters. The molecule has 9 N–H and O–H groups in total. The van der Waals surface area contributed by atoms with Crippen LogP contribution >= 0.6 is 0 Å². The molecule has 0 aliphatic heterocycles. The Hall–Kier alpha value is -13.0. The van der Waals surface area contributed by atoms with Gasteiger partial charge < -0.3 is 61.9 Å². The SMILES string of the molecule is CC(C)COc1cc(C(=O)Nc2ccc3c(OCC(C)C)cc(C(=O)Nc4ccc5c(OCC(C)C)cc(C(=O)Nc6ccc7c(OCC(C)C)cc(C(=O)Nc8cccc(NC(=O)c9cccc(C(=O)Nc%10cccc(NC(=O)C(C)(C)C)n%10)n9)n8)nc7c6F)nc5c4F)nc3c2F)nc2c(F)c(N)ccc12. The first-order chi connectivity index (χ1) is 51.3. The number of nitrogens with two attached hydrogens (primary N) is 1. The molecule has 0 radical (unpaired) electrons. The lowest BCUT2D eigenvalue weighted by Gasteiger charge is -2.17. The molecule has 4 aromatic carbocycles. The number of fused-ring (bicyclic) bond motifs is 4. The molecular weight excluding hydrogens is 1400 g/mol. The Labute approximate surface area is 615 Å². The zero-order valence-electron chi connectivity index (χ0n) is 60.5. The minimum Gasteiger partial charge on any atom is -0.493 e. The van der Waals surface area contributed by atoms with Crippen molar-refractivity contribution in [2.45, 2.75) is 76.2 Å². The fraction of sp³-hybridized carbons (Fsp3) is 0.256. The van der Waals surface area contributed by atoms with E-state index in [1.807, 2.05) is 55.4 Å². The number of nitrogen functional groups attached to an aromatic ring is 1. The maximum Gasteiger partial charge on any atom is 0.275 e. The van der Waals surface area contributed by atoms with Crippen LogP contribution in [0.3, 0.4) is 0 Å². The minimum atomic E-state index is -1.15. The zero-order chi connectivity index (χ0) is 77.6. The first kappa shape index (κ1) is 76.1. The summed E-state index contributed by atoms with van der Waals surface area (Å²) in [5, 5.41) is 18.4. The molecule has 0 saturated carbocycles. The van der Waals surface area contributed by atoms with Crippen LogP contribution in [0.4, 0.5) is 63.6 Å². The van der Waals surface area contributed by atoms with E-state index >= 15 is 17.6 Å². The van der Waals surface area contributed by atoms with Crippen LogP contribution in [0.15, 0.2) is 127 Å². The van der Waals surface area contributed by atoms with Crippen molar-refractivity contribution >= 4 is 131 Å². The van der Waals surface area contributed by atoms with Gasteiger partial charge in [0.25, 0.3) is 35.4 Å². The molecular formula is C78H75F4N15O11. The van der Waals surface area contributed by atoms with Gasteiger partial charge in [-0.2, -0.15) is 0 Å². The van der Waals surface area contributed by atoms with Crippen LogP contribution in [0.1, 0.15) is 139 Å². The number of aromatic nitrogens is 7. The Morgan fingerprint density at radius 3 is 0.917 bits per heavy atom. The Morgan fingerprint density at radius 2 is 0.611 bits per heavy atom. The second-order valence-corrected chi connectivity index (χ2v) is 27.8. The third-order valence-electron chi connectivity index (χ3n) is 15.9. The number of hydrogen-bond donors (Lipinski definition) is 8. The number of nitrogens with zero attached hydrogens (tertiary/aromatic N) is 7. The van der Waals surface area contributed by atoms with Gasteiger partial charge in [-0.15, -0.1) is 0 Å². The van der Waals surface area contributed by atoms with Crippen molar-refractivity contribution in [1.82, 2.24) is 34.9 Å². The molecule has 0 saturated heterocycles. The van der Waals surface area contributed by atoms with Gasteiger partial charge >= 0.3 is 0 Å². The molecule has 7 heterocycles. The van der Waals surface area contributed by atoms with Crippen LogP contribution in [-0.2, 0) is 4.79 Å². The number of carbonyl (C=O) groups excluding carboxylic acids is 7. The average Bonchev–Trinajstić information content (AvgIpc) is 0.778. The van der Waals surface area contributed by atoms with Gasteiger partial charge in [-0.3, -0.25) is 33.6 Å². The highest BCUT2D eigenvalue weighted by Crippen LogP contribution is 2.38. The van der Waals surface area contributed by atoms with E-state index in [4.69, 9.17) is 24.7 Å². The molecule has 0 fully saturated rings. The minimum absolute atomic E-state index is 0.00916. The summed E-state index contributed by atoms with van der Waals surface area (Å²) in [4.78, 5) is 126. The summed E-state index contributed by atoms with van der Waals surface area (Å²) in [6, 6.07) is 29.0. The number of benzene rings is 4. The highest BCUT2D eigenvalue weighted by molar-refractivity contribution is 6.11. The van der Waals surface area contributed by atoms with Crippen molar-refractivity contribution in [3.8, 4) is 23.0 Å². The average molecular weight is 1470 g/mol. The van der Waals surface area contributed by atoms with Crippen LogP contribution in [0.25, 0.3) is 43.6 Å². The summed E-state index contributed by atoms with van der Waals surface area (Å²) in [5.74, 6) is -9.79. The normalized spacial score (nSPS) is 11.5. The molecule has 0 spiro atoms. The number of amides is 7. The summed E-state index contributed by atoms with van der Waals surface area (Å²) < 4.78 is 91.0. The van der Waals surface area contributed by atoms with E-state index in [-0.39, 0.29) is 158 Å². The summed E-state index contributed by atoms with van der Waals surface area (Å²) >= 11 is 0. The number of hydrogen-bond acceptors (Lipinski definition) is 19. The number of anilines is 8. The summed E-state index contributed by atoms with van der Waals surface area (Å²) in [6.45, 7) is 20.7. The monoisotopic (exact) mass is 1470 g/mol. The van der Waals surface area contributed by atoms with Gasteiger partial charge in [-0.1, -0.05) is 94.4 Å². The number of pyridine rings is 7. The Morgan fingerprint density at radius 1 is 0.343 bits per heavy atom. The summed E-state index contributed by atoms with van der Waals surface area (Å²) in [7, 11) is 0. The maximum absolute atomic E-state index is 17.2. The van der Waals surface area contributed by atoms with E-state index in [2.05, 4.69) is 72.1 Å². The standard InChI is InChI=1S/C78H75F4N15O11/c1-37(2)33-105-55-29-51(85-67-41(55)21-25-45(83)63(67)79)73(100)89-46-26-22-42-56(106-34-38(3)4)30-52(86-68(42)64(46)80)74(101)90-47-27-23-43-57(107-35-39(5)6)31-53(87-69(43)65(47)81)75(102)91-48-28-24-44-58(108-36-40(7)8)32-54(88-70(44)66(48)82)76(103)96-60-18-13-17-59(92-60)94-71(98)49-15-12-16-50(84-49)72(99)95-61-19-14-20-62(93-61)97-77(104)78(9,10)11/h12-32,37-40H,33-36,83H2,1-11H3,(H,89,100)(H,90,101)(H,91,102)(H2,92,94,96,98,103)(H2,93,95,97,99,104). The van der Waals surface area contributed by atoms with Gasteiger partial charge in [0.2, 0.25) is 5.91 Å². The predicted molar refractivity (Wildman–Crippen MR) is 401 cm³/mol. The molecule has 7 aromatic heterocycles. The lowest BCUT2D eigenvalue weighted by molar-refractivity contribution is -0.123. The molecule has 0 aliphatic rings. The van der Waals surface area contributed by atoms with Gasteiger partial charge in [-0.25, -0.2) is 52.4 Å². The molecule has 7 amide bonds. The van der Waals surface area contributed by atoms with Gasteiger partial charge in [0.05, 0.1) is 49.2 Å². The molecule has 30 heteroatoms. The third-order valence-corrected chi connectivity index (χ3v) is 15.9. The summed E-state index contributed by atoms with van der Waals surface area (Å²) in [5.41, 5.74) is 0.0565. The molecule has 108 heavy (non-hydrogen) atoms. The van der Waals surface area contributed by atoms with Gasteiger partial charge in [0, 0.05) is 51.2 Å². The van der Waals surface area contributed by atoms with Crippen LogP contribution < -0.4 is 61.9 Å². The molecule has 0 unspecified atom stereocenters. The van der Waals surface area contributed by atoms with E-state index in [1.54, 1.807) is 32.9 Å². The van der Waals surface area contributed by atoms with E-state index in [0.717, 1.165) is 0 Å². The number of rotatable bonds is 25. The zero-order valence-corrected chi connectivity index (χ0v) is 60.5. The molecule has 0 aliphatic carbocycles. The highest BCUT2D eigenvalue weighted by Gasteiger charge is 2.28. The number of nitrogens with one attached hydrogen (secondary N) is 7. The second kappa shape index (κ2) is 32.1. The van der Waals surface area contributed by atoms with Crippen molar-refractivity contribution in [2.24, 2.45) is 29.1 Å². The van der Waals surface area contributed by atoms with Crippen LogP contribution in [0, 0.1) is 52.4 Å². The Balaban J connectivity index is 0.832. The van der Waals surface area contributed by atoms with Gasteiger partial charge in [-0.05, 0) is 109 Å². The lowest BCUT2D eigenvalue weighted by Crippen LogP contribution is -2.28. The van der Waals surface area contributed by atoms with E-state index in [0.29, 0.717) is 0 Å². The van der Waals surface area contributed by atoms with E-state index < -0.39 is 109 Å². The molecule has 556 valence electrons. The maximum atomic E-state index is 17.2. The van der Waals surface area contributed by atoms with Crippen molar-refractivity contribution in [1.29, 1.82) is 0 Å². The largest absolute Gasteiger partial charge is 0.493 e. The van der Waals surface area contributed by atoms with Crippen LogP contribution in [0.2, 0.25) is 0 Å². The molecule has 26 nitrogen and oxygen atoms in total. The van der Waals surface area contributed by atoms with Gasteiger partial charge in [0.1, 0.15) is 102 Å². The van der Waals surface area contributed by atoms with Crippen LogP contribution in [0.5, 0.6) is 23.0 Å². The molecule has 11 rings (SSSR count). The number of halogens is 4. The van der Waals surface area contributed by atoms with Crippen molar-refractivity contribution in [3.63, 3.8) is 0 Å². The topological polar surface area (TPSA) is 357 Å². The number of ether oxygens (including phenoxy) is 4. The predicted octanol–water partition coefficient (Wildman–Crippen LogP) is 14.8. The molecule has 0 bridgehead atoms. The van der Waals surface area contributed by atoms with Crippen LogP contribution in [-0.4, -0.2) is 103 Å². The summed E-state index contributed by atoms with van der Waals surface area (Å²) in [6.07, 6.45) is 0.